The second-order valence-electron chi connectivity index (χ2n) is 3.69. The van der Waals surface area contributed by atoms with E-state index in [4.69, 9.17) is 0 Å². The Kier molecular flexibility index (Phi) is 2.72. The van der Waals surface area contributed by atoms with Crippen LogP contribution in [0.4, 0.5) is 0 Å². The van der Waals surface area contributed by atoms with Crippen molar-refractivity contribution in [3.05, 3.63) is 16.4 Å². The fraction of sp³-hybridized carbons (Fsp3) is 0.700. The maximum atomic E-state index is 4.41. The van der Waals surface area contributed by atoms with Crippen LogP contribution in [0.15, 0.2) is 10.7 Å². The summed E-state index contributed by atoms with van der Waals surface area (Å²) in [4.78, 5) is 0. The van der Waals surface area contributed by atoms with Crippen LogP contribution in [-0.4, -0.2) is 9.78 Å². The maximum absolute atomic E-state index is 4.41. The zero-order chi connectivity index (χ0) is 9.26. The molecule has 0 aromatic carbocycles. The number of nitrogens with zero attached hydrogens (tertiary/aromatic N) is 2. The van der Waals surface area contributed by atoms with Gasteiger partial charge in [0.25, 0.3) is 0 Å². The number of hydrogen-bond donors (Lipinski definition) is 0. The molecule has 1 saturated carbocycles. The first-order valence-electron chi connectivity index (χ1n) is 5.04. The average molecular weight is 243 g/mol. The first-order valence-corrected chi connectivity index (χ1v) is 5.84. The number of halogens is 1. The van der Waals surface area contributed by atoms with Crippen molar-refractivity contribution < 1.29 is 0 Å². The van der Waals surface area contributed by atoms with E-state index in [1.807, 2.05) is 0 Å². The molecule has 1 aliphatic rings. The van der Waals surface area contributed by atoms with E-state index in [2.05, 4.69) is 38.7 Å². The Morgan fingerprint density at radius 1 is 1.54 bits per heavy atom. The number of hydrogen-bond acceptors (Lipinski definition) is 1. The predicted molar refractivity (Wildman–Crippen MR) is 56.8 cm³/mol. The van der Waals surface area contributed by atoms with Crippen LogP contribution in [0.25, 0.3) is 0 Å². The normalized spacial score (nSPS) is 18.3. The van der Waals surface area contributed by atoms with Crippen LogP contribution in [-0.2, 0) is 6.54 Å². The number of aromatic nitrogens is 2. The summed E-state index contributed by atoms with van der Waals surface area (Å²) in [5.74, 6) is 0.763. The smallest absolute Gasteiger partial charge is 0.128 e. The molecule has 0 aliphatic heterocycles. The summed E-state index contributed by atoms with van der Waals surface area (Å²) in [6, 6.07) is 2.18. The fourth-order valence-corrected chi connectivity index (χ4v) is 2.63. The molecule has 0 radical (unpaired) electrons. The molecule has 1 aliphatic carbocycles. The molecule has 1 aromatic rings. The standard InChI is InChI=1S/C10H15BrN2/c1-2-13-9(7-10(11)12-13)8-5-3-4-6-8/h7-8H,2-6H2,1H3. The molecule has 2 rings (SSSR count). The van der Waals surface area contributed by atoms with Crippen molar-refractivity contribution in [2.24, 2.45) is 0 Å². The van der Waals surface area contributed by atoms with E-state index in [1.54, 1.807) is 0 Å². The molecule has 0 saturated heterocycles. The van der Waals surface area contributed by atoms with Crippen molar-refractivity contribution in [1.82, 2.24) is 9.78 Å². The van der Waals surface area contributed by atoms with Gasteiger partial charge in [-0.05, 0) is 41.8 Å². The van der Waals surface area contributed by atoms with E-state index in [9.17, 15) is 0 Å². The quantitative estimate of drug-likeness (QED) is 0.779. The van der Waals surface area contributed by atoms with Crippen LogP contribution >= 0.6 is 15.9 Å². The van der Waals surface area contributed by atoms with Crippen molar-refractivity contribution in [1.29, 1.82) is 0 Å². The molecule has 2 nitrogen and oxygen atoms in total. The van der Waals surface area contributed by atoms with E-state index in [0.29, 0.717) is 0 Å². The Morgan fingerprint density at radius 2 is 2.23 bits per heavy atom. The van der Waals surface area contributed by atoms with Gasteiger partial charge in [0.1, 0.15) is 4.60 Å². The van der Waals surface area contributed by atoms with Crippen LogP contribution in [0.5, 0.6) is 0 Å². The number of aryl methyl sites for hydroxylation is 1. The third-order valence-corrected chi connectivity index (χ3v) is 3.24. The first kappa shape index (κ1) is 9.25. The van der Waals surface area contributed by atoms with Gasteiger partial charge in [-0.1, -0.05) is 12.8 Å². The van der Waals surface area contributed by atoms with Gasteiger partial charge in [-0.25, -0.2) is 0 Å². The summed E-state index contributed by atoms with van der Waals surface area (Å²) in [5, 5.41) is 4.41. The number of rotatable bonds is 2. The van der Waals surface area contributed by atoms with Crippen molar-refractivity contribution >= 4 is 15.9 Å². The van der Waals surface area contributed by atoms with E-state index in [-0.39, 0.29) is 0 Å². The molecule has 0 atom stereocenters. The van der Waals surface area contributed by atoms with Crippen molar-refractivity contribution in [3.63, 3.8) is 0 Å². The van der Waals surface area contributed by atoms with Gasteiger partial charge in [0.15, 0.2) is 0 Å². The molecule has 0 spiro atoms. The maximum Gasteiger partial charge on any atom is 0.128 e. The Hall–Kier alpha value is -0.310. The molecule has 0 amide bonds. The topological polar surface area (TPSA) is 17.8 Å². The highest BCUT2D eigenvalue weighted by atomic mass is 79.9. The van der Waals surface area contributed by atoms with Crippen LogP contribution in [0.1, 0.15) is 44.2 Å². The summed E-state index contributed by atoms with van der Waals surface area (Å²) in [6.07, 6.45) is 5.46. The lowest BCUT2D eigenvalue weighted by Crippen LogP contribution is -2.05. The van der Waals surface area contributed by atoms with Gasteiger partial charge in [-0.3, -0.25) is 4.68 Å². The van der Waals surface area contributed by atoms with Crippen LogP contribution in [0.2, 0.25) is 0 Å². The van der Waals surface area contributed by atoms with Crippen molar-refractivity contribution in [2.45, 2.75) is 45.1 Å². The van der Waals surface area contributed by atoms with Crippen LogP contribution < -0.4 is 0 Å². The summed E-state index contributed by atoms with van der Waals surface area (Å²) >= 11 is 3.44. The van der Waals surface area contributed by atoms with Crippen LogP contribution in [0.3, 0.4) is 0 Å². The van der Waals surface area contributed by atoms with Gasteiger partial charge in [-0.15, -0.1) is 0 Å². The molecule has 72 valence electrons. The highest BCUT2D eigenvalue weighted by Gasteiger charge is 2.20. The minimum Gasteiger partial charge on any atom is -0.268 e. The molecule has 1 fully saturated rings. The summed E-state index contributed by atoms with van der Waals surface area (Å²) in [6.45, 7) is 3.13. The van der Waals surface area contributed by atoms with Gasteiger partial charge in [0, 0.05) is 18.2 Å². The zero-order valence-electron chi connectivity index (χ0n) is 7.96. The fourth-order valence-electron chi connectivity index (χ4n) is 2.20. The van der Waals surface area contributed by atoms with Gasteiger partial charge >= 0.3 is 0 Å². The van der Waals surface area contributed by atoms with Crippen molar-refractivity contribution in [3.8, 4) is 0 Å². The van der Waals surface area contributed by atoms with E-state index >= 15 is 0 Å². The Balaban J connectivity index is 2.26. The molecule has 1 heterocycles. The van der Waals surface area contributed by atoms with Gasteiger partial charge < -0.3 is 0 Å². The zero-order valence-corrected chi connectivity index (χ0v) is 9.55. The third-order valence-electron chi connectivity index (χ3n) is 2.85. The van der Waals surface area contributed by atoms with Gasteiger partial charge in [0.05, 0.1) is 0 Å². The van der Waals surface area contributed by atoms with E-state index in [1.165, 1.54) is 31.4 Å². The van der Waals surface area contributed by atoms with E-state index < -0.39 is 0 Å². The third kappa shape index (κ3) is 1.80. The minimum absolute atomic E-state index is 0.763. The minimum atomic E-state index is 0.763. The molecule has 1 aromatic heterocycles. The lowest BCUT2D eigenvalue weighted by atomic mass is 10.0. The molecular formula is C10H15BrN2. The van der Waals surface area contributed by atoms with E-state index in [0.717, 1.165) is 17.1 Å². The lowest BCUT2D eigenvalue weighted by molar-refractivity contribution is 0.567. The second-order valence-corrected chi connectivity index (χ2v) is 4.50. The largest absolute Gasteiger partial charge is 0.268 e. The molecule has 13 heavy (non-hydrogen) atoms. The van der Waals surface area contributed by atoms with Gasteiger partial charge in [0.2, 0.25) is 0 Å². The lowest BCUT2D eigenvalue weighted by Gasteiger charge is -2.10. The Bertz CT molecular complexity index is 287. The summed E-state index contributed by atoms with van der Waals surface area (Å²) in [5.41, 5.74) is 1.42. The Labute approximate surface area is 87.5 Å². The Morgan fingerprint density at radius 3 is 2.85 bits per heavy atom. The SMILES string of the molecule is CCn1nc(Br)cc1C1CCCC1. The molecule has 0 N–H and O–H groups in total. The van der Waals surface area contributed by atoms with Crippen LogP contribution in [0, 0.1) is 0 Å². The first-order chi connectivity index (χ1) is 6.31. The monoisotopic (exact) mass is 242 g/mol. The molecule has 0 unspecified atom stereocenters. The summed E-state index contributed by atoms with van der Waals surface area (Å²) in [7, 11) is 0. The van der Waals surface area contributed by atoms with Gasteiger partial charge in [-0.2, -0.15) is 5.10 Å². The molecule has 3 heteroatoms. The predicted octanol–water partition coefficient (Wildman–Crippen LogP) is 3.32. The highest BCUT2D eigenvalue weighted by molar-refractivity contribution is 9.10. The second kappa shape index (κ2) is 3.82. The average Bonchev–Trinajstić information content (AvgIpc) is 2.71. The van der Waals surface area contributed by atoms with Crippen molar-refractivity contribution in [2.75, 3.05) is 0 Å². The highest BCUT2D eigenvalue weighted by Crippen LogP contribution is 2.34. The molecule has 0 bridgehead atoms. The summed E-state index contributed by atoms with van der Waals surface area (Å²) < 4.78 is 3.11. The molecular weight excluding hydrogens is 228 g/mol.